The number of carbonyl (C=O) groups excluding carboxylic acids is 1. The van der Waals surface area contributed by atoms with Crippen molar-refractivity contribution < 1.29 is 4.79 Å². The lowest BCUT2D eigenvalue weighted by molar-refractivity contribution is -0.108. The van der Waals surface area contributed by atoms with Gasteiger partial charge < -0.3 is 20.7 Å². The van der Waals surface area contributed by atoms with Crippen LogP contribution in [0, 0.1) is 5.92 Å². The fourth-order valence-electron chi connectivity index (χ4n) is 3.15. The van der Waals surface area contributed by atoms with E-state index < -0.39 is 5.92 Å². The predicted molar refractivity (Wildman–Crippen MR) is 110 cm³/mol. The van der Waals surface area contributed by atoms with E-state index in [0.717, 1.165) is 40.2 Å². The summed E-state index contributed by atoms with van der Waals surface area (Å²) in [7, 11) is 5.37. The van der Waals surface area contributed by atoms with Crippen LogP contribution >= 0.6 is 11.6 Å². The Bertz CT molecular complexity index is 791. The van der Waals surface area contributed by atoms with Gasteiger partial charge in [0.1, 0.15) is 6.29 Å². The summed E-state index contributed by atoms with van der Waals surface area (Å²) < 4.78 is 0. The van der Waals surface area contributed by atoms with Crippen LogP contribution in [0.2, 0.25) is 5.02 Å². The number of anilines is 1. The number of nitrogens with one attached hydrogen (secondary N) is 3. The second-order valence-corrected chi connectivity index (χ2v) is 6.58. The van der Waals surface area contributed by atoms with Gasteiger partial charge in [-0.2, -0.15) is 0 Å². The molecule has 6 heteroatoms. The Morgan fingerprint density at radius 1 is 1.19 bits per heavy atom. The quantitative estimate of drug-likeness (QED) is 0.506. The molecule has 1 unspecified atom stereocenters. The summed E-state index contributed by atoms with van der Waals surface area (Å²) in [5.74, 6) is -0.419. The highest BCUT2D eigenvalue weighted by Crippen LogP contribution is 2.34. The molecule has 5 nitrogen and oxygen atoms in total. The SMILES string of the molecule is C=C(C)CC1=C(NC)C(Nc2ccc(Cl)cc2)=C(NC)C(=NC)C1C=O. The fraction of sp³-hybridized carbons (Fsp3) is 0.300. The van der Waals surface area contributed by atoms with Gasteiger partial charge in [-0.05, 0) is 43.2 Å². The first-order chi connectivity index (χ1) is 12.5. The van der Waals surface area contributed by atoms with E-state index in [4.69, 9.17) is 11.6 Å². The molecule has 138 valence electrons. The molecule has 0 fully saturated rings. The lowest BCUT2D eigenvalue weighted by Gasteiger charge is -2.32. The summed E-state index contributed by atoms with van der Waals surface area (Å²) in [5, 5.41) is 10.6. The van der Waals surface area contributed by atoms with Gasteiger partial charge in [-0.25, -0.2) is 0 Å². The maximum atomic E-state index is 11.9. The number of nitrogens with zero attached hydrogens (tertiary/aromatic N) is 1. The van der Waals surface area contributed by atoms with Crippen LogP contribution in [0.5, 0.6) is 0 Å². The molecule has 1 aliphatic rings. The Labute approximate surface area is 159 Å². The number of hydrogen-bond donors (Lipinski definition) is 3. The summed E-state index contributed by atoms with van der Waals surface area (Å²) in [4.78, 5) is 16.3. The van der Waals surface area contributed by atoms with Gasteiger partial charge in [0.2, 0.25) is 0 Å². The van der Waals surface area contributed by atoms with Crippen LogP contribution in [0.3, 0.4) is 0 Å². The summed E-state index contributed by atoms with van der Waals surface area (Å²) in [6.45, 7) is 5.96. The Morgan fingerprint density at radius 2 is 1.81 bits per heavy atom. The van der Waals surface area contributed by atoms with Crippen molar-refractivity contribution in [1.29, 1.82) is 0 Å². The molecule has 2 rings (SSSR count). The minimum absolute atomic E-state index is 0.419. The zero-order valence-corrected chi connectivity index (χ0v) is 16.4. The second-order valence-electron chi connectivity index (χ2n) is 6.14. The van der Waals surface area contributed by atoms with Crippen molar-refractivity contribution in [1.82, 2.24) is 10.6 Å². The molecule has 1 aromatic rings. The number of rotatable bonds is 7. The minimum Gasteiger partial charge on any atom is -0.386 e. The van der Waals surface area contributed by atoms with Gasteiger partial charge in [0.25, 0.3) is 0 Å². The van der Waals surface area contributed by atoms with E-state index in [0.29, 0.717) is 17.2 Å². The van der Waals surface area contributed by atoms with Gasteiger partial charge in [-0.1, -0.05) is 23.8 Å². The highest BCUT2D eigenvalue weighted by molar-refractivity contribution is 6.30. The number of aldehydes is 1. The van der Waals surface area contributed by atoms with E-state index in [1.807, 2.05) is 45.3 Å². The number of aliphatic imine (C=N–C) groups is 1. The van der Waals surface area contributed by atoms with Crippen LogP contribution in [-0.4, -0.2) is 33.1 Å². The summed E-state index contributed by atoms with van der Waals surface area (Å²) in [6.07, 6.45) is 1.55. The standard InChI is InChI=1S/C20H25ClN4O/c1-12(2)10-15-16(11-26)18(23-4)19(24-5)20(17(15)22-3)25-14-8-6-13(21)7-9-14/h6-9,11,16,22,24-25H,1,10H2,2-5H3. The number of halogens is 1. The van der Waals surface area contributed by atoms with Crippen LogP contribution in [0.15, 0.2) is 64.1 Å². The monoisotopic (exact) mass is 372 g/mol. The average molecular weight is 373 g/mol. The molecule has 3 N–H and O–H groups in total. The van der Waals surface area contributed by atoms with Crippen LogP contribution in [-0.2, 0) is 4.79 Å². The lowest BCUT2D eigenvalue weighted by Crippen LogP contribution is -2.37. The highest BCUT2D eigenvalue weighted by atomic mass is 35.5. The number of carbonyl (C=O) groups is 1. The smallest absolute Gasteiger partial charge is 0.133 e. The Balaban J connectivity index is 2.65. The summed E-state index contributed by atoms with van der Waals surface area (Å²) in [5.41, 5.74) is 6.02. The van der Waals surface area contributed by atoms with Gasteiger partial charge in [-0.3, -0.25) is 4.99 Å². The minimum atomic E-state index is -0.419. The van der Waals surface area contributed by atoms with E-state index >= 15 is 0 Å². The van der Waals surface area contributed by atoms with E-state index in [1.54, 1.807) is 7.05 Å². The Hall–Kier alpha value is -2.53. The Morgan fingerprint density at radius 3 is 2.27 bits per heavy atom. The molecule has 0 saturated carbocycles. The molecule has 1 atom stereocenters. The van der Waals surface area contributed by atoms with E-state index in [1.165, 1.54) is 0 Å². The lowest BCUT2D eigenvalue weighted by atomic mass is 9.82. The van der Waals surface area contributed by atoms with Gasteiger partial charge in [-0.15, -0.1) is 0 Å². The number of benzene rings is 1. The van der Waals surface area contributed by atoms with Crippen molar-refractivity contribution in [2.45, 2.75) is 13.3 Å². The van der Waals surface area contributed by atoms with Crippen LogP contribution in [0.1, 0.15) is 13.3 Å². The molecule has 0 aliphatic heterocycles. The summed E-state index contributed by atoms with van der Waals surface area (Å²) >= 11 is 5.99. The second kappa shape index (κ2) is 8.72. The van der Waals surface area contributed by atoms with Crippen molar-refractivity contribution in [2.75, 3.05) is 26.5 Å². The molecule has 26 heavy (non-hydrogen) atoms. The van der Waals surface area contributed by atoms with E-state index in [2.05, 4.69) is 27.5 Å². The van der Waals surface area contributed by atoms with E-state index in [9.17, 15) is 4.79 Å². The first kappa shape index (κ1) is 19.8. The number of likely N-dealkylation sites (N-methyl/N-ethyl adjacent to an activating group) is 1. The maximum absolute atomic E-state index is 11.9. The van der Waals surface area contributed by atoms with E-state index in [-0.39, 0.29) is 0 Å². The molecule has 0 heterocycles. The largest absolute Gasteiger partial charge is 0.386 e. The van der Waals surface area contributed by atoms with Gasteiger partial charge in [0.15, 0.2) is 0 Å². The van der Waals surface area contributed by atoms with Crippen molar-refractivity contribution in [3.63, 3.8) is 0 Å². The molecule has 1 aromatic carbocycles. The first-order valence-corrected chi connectivity index (χ1v) is 8.77. The molecular weight excluding hydrogens is 348 g/mol. The zero-order valence-electron chi connectivity index (χ0n) is 15.6. The molecule has 0 spiro atoms. The third-order valence-corrected chi connectivity index (χ3v) is 4.48. The normalized spacial score (nSPS) is 18.8. The van der Waals surface area contributed by atoms with Crippen LogP contribution in [0.4, 0.5) is 5.69 Å². The van der Waals surface area contributed by atoms with Crippen molar-refractivity contribution in [3.05, 3.63) is 64.1 Å². The van der Waals surface area contributed by atoms with Crippen molar-refractivity contribution in [3.8, 4) is 0 Å². The highest BCUT2D eigenvalue weighted by Gasteiger charge is 2.33. The third kappa shape index (κ3) is 3.99. The zero-order chi connectivity index (χ0) is 19.3. The summed E-state index contributed by atoms with van der Waals surface area (Å²) in [6, 6.07) is 7.46. The molecule has 0 radical (unpaired) electrons. The molecule has 0 bridgehead atoms. The predicted octanol–water partition coefficient (Wildman–Crippen LogP) is 3.52. The van der Waals surface area contributed by atoms with Gasteiger partial charge in [0.05, 0.1) is 28.7 Å². The van der Waals surface area contributed by atoms with Gasteiger partial charge in [0, 0.05) is 31.9 Å². The number of hydrogen-bond acceptors (Lipinski definition) is 5. The molecular formula is C20H25ClN4O. The van der Waals surface area contributed by atoms with Crippen molar-refractivity contribution >= 4 is 29.3 Å². The average Bonchev–Trinajstić information content (AvgIpc) is 2.62. The molecule has 1 aliphatic carbocycles. The first-order valence-electron chi connectivity index (χ1n) is 8.39. The number of allylic oxidation sites excluding steroid dienone is 3. The fourth-order valence-corrected chi connectivity index (χ4v) is 3.28. The molecule has 0 amide bonds. The maximum Gasteiger partial charge on any atom is 0.133 e. The molecule has 0 saturated heterocycles. The van der Waals surface area contributed by atoms with Crippen molar-refractivity contribution in [2.24, 2.45) is 10.9 Å². The van der Waals surface area contributed by atoms with Crippen LogP contribution < -0.4 is 16.0 Å². The Kier molecular flexibility index (Phi) is 6.64. The third-order valence-electron chi connectivity index (χ3n) is 4.23. The topological polar surface area (TPSA) is 65.5 Å². The molecule has 0 aromatic heterocycles. The van der Waals surface area contributed by atoms with Gasteiger partial charge >= 0.3 is 0 Å². The van der Waals surface area contributed by atoms with Crippen LogP contribution in [0.25, 0.3) is 0 Å².